The largest absolute Gasteiger partial charge is 0.456 e. The molecule has 18 rings (SSSR count). The van der Waals surface area contributed by atoms with E-state index in [-0.39, 0.29) is 13.4 Å². The van der Waals surface area contributed by atoms with Gasteiger partial charge in [0.05, 0.1) is 16.9 Å². The first-order valence-electron chi connectivity index (χ1n) is 36.3. The van der Waals surface area contributed by atoms with Gasteiger partial charge in [0.25, 0.3) is 13.4 Å². The molecule has 6 heteroatoms. The van der Waals surface area contributed by atoms with Gasteiger partial charge in [0, 0.05) is 38.6 Å². The summed E-state index contributed by atoms with van der Waals surface area (Å²) >= 11 is 0. The van der Waals surface area contributed by atoms with Crippen molar-refractivity contribution in [3.05, 3.63) is 240 Å². The molecule has 0 amide bonds. The molecule has 2 aliphatic carbocycles. The summed E-state index contributed by atoms with van der Waals surface area (Å²) in [6, 6.07) is 81.0. The molecule has 6 aliphatic rings. The fourth-order valence-electron chi connectivity index (χ4n) is 17.8. The van der Waals surface area contributed by atoms with Crippen molar-refractivity contribution < 1.29 is 9.47 Å². The highest BCUT2D eigenvalue weighted by molar-refractivity contribution is 7.02. The summed E-state index contributed by atoms with van der Waals surface area (Å²) in [7, 11) is 0. The Bertz CT molecular complexity index is 5060. The summed E-state index contributed by atoms with van der Waals surface area (Å²) < 4.78 is 18.9. The van der Waals surface area contributed by atoms with Crippen molar-refractivity contribution in [2.45, 2.75) is 155 Å². The Hall–Kier alpha value is -9.25. The zero-order valence-corrected chi connectivity index (χ0v) is 57.0. The first-order valence-corrected chi connectivity index (χ1v) is 36.3. The number of nitrogens with zero attached hydrogens (tertiary/aromatic N) is 2. The smallest absolute Gasteiger partial charge is 0.256 e. The van der Waals surface area contributed by atoms with E-state index in [0.29, 0.717) is 35.5 Å². The lowest BCUT2D eigenvalue weighted by Gasteiger charge is -2.45. The van der Waals surface area contributed by atoms with E-state index in [1.807, 2.05) is 0 Å². The molecule has 0 bridgehead atoms. The zero-order valence-electron chi connectivity index (χ0n) is 57.0. The van der Waals surface area contributed by atoms with Crippen molar-refractivity contribution in [2.75, 3.05) is 4.90 Å². The van der Waals surface area contributed by atoms with Gasteiger partial charge in [-0.05, 0) is 209 Å². The van der Waals surface area contributed by atoms with E-state index < -0.39 is 0 Å². The van der Waals surface area contributed by atoms with Crippen LogP contribution in [0.15, 0.2) is 206 Å². The molecular formula is C90H84B2N2O2. The summed E-state index contributed by atoms with van der Waals surface area (Å²) in [6.45, 7) is 17.9. The lowest BCUT2D eigenvalue weighted by Crippen LogP contribution is -2.63. The molecule has 2 fully saturated rings. The summed E-state index contributed by atoms with van der Waals surface area (Å²) in [5.74, 6) is 6.48. The molecule has 0 unspecified atom stereocenters. The van der Waals surface area contributed by atoms with Gasteiger partial charge in [0.2, 0.25) is 0 Å². The van der Waals surface area contributed by atoms with Gasteiger partial charge in [-0.15, -0.1) is 0 Å². The van der Waals surface area contributed by atoms with Gasteiger partial charge in [0.1, 0.15) is 23.0 Å². The molecule has 96 heavy (non-hydrogen) atoms. The summed E-state index contributed by atoms with van der Waals surface area (Å²) in [5, 5.41) is 2.49. The third-order valence-electron chi connectivity index (χ3n) is 23.3. The standard InChI is InChI=1S/C90H84B2N2O2/c1-53(2)57-19-27-63(28-20-57)64-35-41-73(42-36-64)93-81-44-38-69(66-31-23-59(24-32-66)55(5)6)49-76(81)91-77-50-70(61-15-11-9-12-16-61)39-45-82(77)96-90-84(91)87(93)89-85-88(90)94-80-43-37-68(65-29-21-58(22-30-65)54(3)4)47-74(80)75-48-72(67-33-25-60(26-34-67)56(7)8)52-79(86(75)94)92(85)78-51-71(40-46-83(78)95-89)62-17-13-10-14-18-62/h19-56,61-62H,9-18H2,1-8H3. The molecule has 0 atom stereocenters. The Morgan fingerprint density at radius 3 is 1.24 bits per heavy atom. The maximum atomic E-state index is 8.11. The van der Waals surface area contributed by atoms with Crippen LogP contribution in [-0.4, -0.2) is 18.0 Å². The molecule has 11 aromatic carbocycles. The van der Waals surface area contributed by atoms with Gasteiger partial charge in [-0.25, -0.2) is 0 Å². The predicted molar refractivity (Wildman–Crippen MR) is 408 cm³/mol. The minimum absolute atomic E-state index is 0.198. The van der Waals surface area contributed by atoms with Gasteiger partial charge in [-0.3, -0.25) is 0 Å². The predicted octanol–water partition coefficient (Wildman–Crippen LogP) is 21.4. The van der Waals surface area contributed by atoms with Crippen LogP contribution in [0.5, 0.6) is 23.0 Å². The molecule has 12 aromatic rings. The van der Waals surface area contributed by atoms with E-state index in [0.717, 1.165) is 56.7 Å². The van der Waals surface area contributed by atoms with Crippen LogP contribution in [-0.2, 0) is 0 Å². The number of hydrogen-bond donors (Lipinski definition) is 0. The number of hydrogen-bond acceptors (Lipinski definition) is 3. The minimum Gasteiger partial charge on any atom is -0.456 e. The fraction of sp³-hybridized carbons (Fsp3) is 0.267. The minimum atomic E-state index is -0.200. The second-order valence-corrected chi connectivity index (χ2v) is 30.3. The van der Waals surface area contributed by atoms with Gasteiger partial charge >= 0.3 is 0 Å². The Labute approximate surface area is 568 Å². The van der Waals surface area contributed by atoms with Gasteiger partial charge < -0.3 is 18.9 Å². The van der Waals surface area contributed by atoms with Crippen LogP contribution < -0.4 is 47.2 Å². The zero-order chi connectivity index (χ0) is 64.8. The number of aromatic nitrogens is 1. The van der Waals surface area contributed by atoms with Crippen LogP contribution in [0.1, 0.15) is 188 Å². The maximum Gasteiger partial charge on any atom is 0.256 e. The third-order valence-corrected chi connectivity index (χ3v) is 23.3. The molecule has 0 spiro atoms. The van der Waals surface area contributed by atoms with E-state index in [2.05, 4.69) is 271 Å². The molecule has 4 nitrogen and oxygen atoms in total. The van der Waals surface area contributed by atoms with Crippen LogP contribution in [0.2, 0.25) is 0 Å². The Morgan fingerprint density at radius 2 is 0.740 bits per heavy atom. The SMILES string of the molecule is CC(C)c1ccc(-c2ccc(N3c4ccc(-c5ccc(C(C)C)cc5)cc4B4c5cc(C6CCCCC6)ccc5Oc5c4c3c3c4c5-n5c6ccc(-c7ccc(C(C)C)cc7)cc6c6cc(-c7ccc(C(C)C)cc7)cc(c65)B4c4cc(C5CCCCC5)ccc4O3)cc2)cc1. The van der Waals surface area contributed by atoms with Crippen molar-refractivity contribution in [2.24, 2.45) is 0 Å². The van der Waals surface area contributed by atoms with E-state index in [1.165, 1.54) is 186 Å². The Kier molecular flexibility index (Phi) is 14.4. The van der Waals surface area contributed by atoms with Crippen LogP contribution in [0.4, 0.5) is 17.1 Å². The van der Waals surface area contributed by atoms with Crippen LogP contribution >= 0.6 is 0 Å². The van der Waals surface area contributed by atoms with E-state index in [9.17, 15) is 0 Å². The topological polar surface area (TPSA) is 26.6 Å². The summed E-state index contributed by atoms with van der Waals surface area (Å²) in [6.07, 6.45) is 12.5. The summed E-state index contributed by atoms with van der Waals surface area (Å²) in [5.41, 5.74) is 32.1. The van der Waals surface area contributed by atoms with Gasteiger partial charge in [0.15, 0.2) is 0 Å². The maximum absolute atomic E-state index is 8.11. The average molecular weight is 1250 g/mol. The number of benzene rings is 11. The molecular weight excluding hydrogens is 1160 g/mol. The number of anilines is 3. The second-order valence-electron chi connectivity index (χ2n) is 30.3. The molecule has 4 aliphatic heterocycles. The number of ether oxygens (including phenoxy) is 2. The van der Waals surface area contributed by atoms with Crippen molar-refractivity contribution in [3.8, 4) is 73.2 Å². The lowest BCUT2D eigenvalue weighted by atomic mass is 9.31. The number of rotatable bonds is 11. The number of fused-ring (bicyclic) bond motifs is 13. The normalized spacial score (nSPS) is 15.5. The molecule has 1 aromatic heterocycles. The van der Waals surface area contributed by atoms with Crippen molar-refractivity contribution >= 4 is 85.1 Å². The summed E-state index contributed by atoms with van der Waals surface area (Å²) in [4.78, 5) is 2.58. The average Bonchev–Trinajstić information content (AvgIpc) is 1.15. The van der Waals surface area contributed by atoms with Crippen molar-refractivity contribution in [3.63, 3.8) is 0 Å². The van der Waals surface area contributed by atoms with E-state index >= 15 is 0 Å². The molecule has 5 heterocycles. The Balaban J connectivity index is 0.960. The van der Waals surface area contributed by atoms with Crippen molar-refractivity contribution in [1.29, 1.82) is 0 Å². The van der Waals surface area contributed by atoms with E-state index in [1.54, 1.807) is 0 Å². The molecule has 0 saturated heterocycles. The van der Waals surface area contributed by atoms with Crippen molar-refractivity contribution in [1.82, 2.24) is 4.57 Å². The lowest BCUT2D eigenvalue weighted by molar-refractivity contribution is 0.442. The third kappa shape index (κ3) is 9.61. The van der Waals surface area contributed by atoms with Gasteiger partial charge in [-0.1, -0.05) is 252 Å². The Morgan fingerprint density at radius 1 is 0.344 bits per heavy atom. The highest BCUT2D eigenvalue weighted by atomic mass is 16.5. The molecule has 2 saturated carbocycles. The monoisotopic (exact) mass is 1250 g/mol. The van der Waals surface area contributed by atoms with Crippen LogP contribution in [0.3, 0.4) is 0 Å². The first kappa shape index (κ1) is 59.3. The van der Waals surface area contributed by atoms with Crippen LogP contribution in [0.25, 0.3) is 72.0 Å². The van der Waals surface area contributed by atoms with Gasteiger partial charge in [-0.2, -0.15) is 0 Å². The van der Waals surface area contributed by atoms with E-state index in [4.69, 9.17) is 9.47 Å². The molecule has 472 valence electrons. The fourth-order valence-corrected chi connectivity index (χ4v) is 17.8. The van der Waals surface area contributed by atoms with Crippen LogP contribution in [0, 0.1) is 0 Å². The second kappa shape index (κ2) is 23.3. The highest BCUT2D eigenvalue weighted by Crippen LogP contribution is 2.53. The molecule has 0 radical (unpaired) electrons. The highest BCUT2D eigenvalue weighted by Gasteiger charge is 2.52. The quantitative estimate of drug-likeness (QED) is 0.121. The molecule has 0 N–H and O–H groups in total. The first-order chi connectivity index (χ1) is 46.9.